The summed E-state index contributed by atoms with van der Waals surface area (Å²) in [5.41, 5.74) is 1.97. The standard InChI is InChI=1S/C24H32N2O4/c1-6-29-21-15-26(13-12-17(21)23(28)30-24(3,4)5)22-9-7-8-19(25-22)18-14-16(2)10-11-20(18)27/h7-11,14,17,21,27H,6,12-13,15H2,1-5H3/t17-,21+/m1/s1. The van der Waals surface area contributed by atoms with Crippen LogP contribution in [0.1, 0.15) is 39.7 Å². The zero-order valence-corrected chi connectivity index (χ0v) is 18.5. The molecule has 1 aromatic heterocycles. The van der Waals surface area contributed by atoms with Crippen molar-refractivity contribution < 1.29 is 19.4 Å². The number of piperidine rings is 1. The second-order valence-electron chi connectivity index (χ2n) is 8.77. The number of hydrogen-bond acceptors (Lipinski definition) is 6. The minimum Gasteiger partial charge on any atom is -0.507 e. The number of ether oxygens (including phenoxy) is 2. The van der Waals surface area contributed by atoms with Gasteiger partial charge in [0.2, 0.25) is 0 Å². The highest BCUT2D eigenvalue weighted by molar-refractivity contribution is 5.74. The number of phenols is 1. The van der Waals surface area contributed by atoms with Crippen LogP contribution >= 0.6 is 0 Å². The van der Waals surface area contributed by atoms with Crippen LogP contribution in [0.15, 0.2) is 36.4 Å². The van der Waals surface area contributed by atoms with E-state index in [2.05, 4.69) is 4.90 Å². The largest absolute Gasteiger partial charge is 0.507 e. The average Bonchev–Trinajstić information content (AvgIpc) is 2.69. The van der Waals surface area contributed by atoms with Crippen LogP contribution < -0.4 is 4.90 Å². The van der Waals surface area contributed by atoms with E-state index in [1.165, 1.54) is 0 Å². The molecule has 0 bridgehead atoms. The molecule has 0 amide bonds. The van der Waals surface area contributed by atoms with Gasteiger partial charge in [-0.3, -0.25) is 4.79 Å². The van der Waals surface area contributed by atoms with Gasteiger partial charge in [-0.25, -0.2) is 4.98 Å². The highest BCUT2D eigenvalue weighted by Gasteiger charge is 2.37. The summed E-state index contributed by atoms with van der Waals surface area (Å²) in [5, 5.41) is 10.3. The number of phenolic OH excluding ortho intramolecular Hbond substituents is 1. The number of nitrogens with zero attached hydrogens (tertiary/aromatic N) is 2. The molecule has 0 saturated carbocycles. The first-order valence-electron chi connectivity index (χ1n) is 10.5. The van der Waals surface area contributed by atoms with Gasteiger partial charge in [0.25, 0.3) is 0 Å². The number of carbonyl (C=O) groups excluding carboxylic acids is 1. The van der Waals surface area contributed by atoms with Crippen LogP contribution in [0.25, 0.3) is 11.3 Å². The summed E-state index contributed by atoms with van der Waals surface area (Å²) in [6.45, 7) is 11.3. The fourth-order valence-corrected chi connectivity index (χ4v) is 3.76. The maximum atomic E-state index is 12.7. The number of benzene rings is 1. The lowest BCUT2D eigenvalue weighted by Gasteiger charge is -2.38. The summed E-state index contributed by atoms with van der Waals surface area (Å²) in [4.78, 5) is 19.6. The molecule has 162 valence electrons. The van der Waals surface area contributed by atoms with Crippen molar-refractivity contribution in [1.29, 1.82) is 0 Å². The first kappa shape index (κ1) is 22.1. The molecule has 0 spiro atoms. The van der Waals surface area contributed by atoms with E-state index in [1.807, 2.05) is 65.0 Å². The molecule has 2 aromatic rings. The van der Waals surface area contributed by atoms with Crippen molar-refractivity contribution in [2.45, 2.75) is 52.7 Å². The fourth-order valence-electron chi connectivity index (χ4n) is 3.76. The van der Waals surface area contributed by atoms with Crippen LogP contribution in [0.5, 0.6) is 5.75 Å². The molecular formula is C24H32N2O4. The smallest absolute Gasteiger partial charge is 0.312 e. The number of pyridine rings is 1. The lowest BCUT2D eigenvalue weighted by atomic mass is 9.93. The van der Waals surface area contributed by atoms with Crippen molar-refractivity contribution in [3.8, 4) is 17.0 Å². The molecule has 30 heavy (non-hydrogen) atoms. The normalized spacial score (nSPS) is 19.6. The number of anilines is 1. The number of rotatable bonds is 5. The first-order chi connectivity index (χ1) is 14.2. The highest BCUT2D eigenvalue weighted by Crippen LogP contribution is 2.32. The molecule has 6 nitrogen and oxygen atoms in total. The molecule has 1 saturated heterocycles. The number of aromatic hydroxyl groups is 1. The topological polar surface area (TPSA) is 71.9 Å². The van der Waals surface area contributed by atoms with Gasteiger partial charge in [0.1, 0.15) is 17.2 Å². The third kappa shape index (κ3) is 5.30. The number of aromatic nitrogens is 1. The van der Waals surface area contributed by atoms with Gasteiger partial charge in [0.05, 0.1) is 17.7 Å². The SMILES string of the molecule is CCO[C@H]1CN(c2cccc(-c3cc(C)ccc3O)n2)CC[C@H]1C(=O)OC(C)(C)C. The van der Waals surface area contributed by atoms with E-state index in [0.717, 1.165) is 17.1 Å². The molecule has 2 heterocycles. The van der Waals surface area contributed by atoms with Crippen molar-refractivity contribution in [2.75, 3.05) is 24.6 Å². The Hall–Kier alpha value is -2.60. The molecule has 0 unspecified atom stereocenters. The highest BCUT2D eigenvalue weighted by atomic mass is 16.6. The molecule has 1 aliphatic heterocycles. The number of aryl methyl sites for hydroxylation is 1. The predicted molar refractivity (Wildman–Crippen MR) is 118 cm³/mol. The van der Waals surface area contributed by atoms with E-state index >= 15 is 0 Å². The molecule has 1 N–H and O–H groups in total. The molecule has 3 rings (SSSR count). The van der Waals surface area contributed by atoms with Crippen LogP contribution in [-0.4, -0.2) is 47.5 Å². The zero-order chi connectivity index (χ0) is 21.9. The minimum absolute atomic E-state index is 0.202. The number of hydrogen-bond donors (Lipinski definition) is 1. The molecule has 0 radical (unpaired) electrons. The van der Waals surface area contributed by atoms with Gasteiger partial charge in [-0.1, -0.05) is 17.7 Å². The van der Waals surface area contributed by atoms with Crippen molar-refractivity contribution in [1.82, 2.24) is 4.98 Å². The lowest BCUT2D eigenvalue weighted by molar-refractivity contribution is -0.166. The second-order valence-corrected chi connectivity index (χ2v) is 8.77. The van der Waals surface area contributed by atoms with Gasteiger partial charge in [-0.05, 0) is 65.3 Å². The Morgan fingerprint density at radius 1 is 1.27 bits per heavy atom. The van der Waals surface area contributed by atoms with E-state index in [-0.39, 0.29) is 23.7 Å². The van der Waals surface area contributed by atoms with Gasteiger partial charge in [0, 0.05) is 25.3 Å². The molecule has 1 aliphatic rings. The third-order valence-electron chi connectivity index (χ3n) is 5.14. The molecule has 1 fully saturated rings. The van der Waals surface area contributed by atoms with E-state index in [1.54, 1.807) is 6.07 Å². The summed E-state index contributed by atoms with van der Waals surface area (Å²) in [6, 6.07) is 11.3. The van der Waals surface area contributed by atoms with Crippen LogP contribution in [0.4, 0.5) is 5.82 Å². The van der Waals surface area contributed by atoms with Crippen LogP contribution in [0.3, 0.4) is 0 Å². The Morgan fingerprint density at radius 2 is 2.03 bits per heavy atom. The van der Waals surface area contributed by atoms with Gasteiger partial charge < -0.3 is 19.5 Å². The van der Waals surface area contributed by atoms with Gasteiger partial charge in [0.15, 0.2) is 0 Å². The van der Waals surface area contributed by atoms with Crippen LogP contribution in [-0.2, 0) is 14.3 Å². The lowest BCUT2D eigenvalue weighted by Crippen LogP contribution is -2.49. The summed E-state index contributed by atoms with van der Waals surface area (Å²) >= 11 is 0. The zero-order valence-electron chi connectivity index (χ0n) is 18.5. The number of carbonyl (C=O) groups is 1. The van der Waals surface area contributed by atoms with Crippen LogP contribution in [0.2, 0.25) is 0 Å². The molecule has 0 aliphatic carbocycles. The average molecular weight is 413 g/mol. The Bertz CT molecular complexity index is 891. The van der Waals surface area contributed by atoms with Crippen molar-refractivity contribution in [3.63, 3.8) is 0 Å². The van der Waals surface area contributed by atoms with Gasteiger partial charge in [-0.15, -0.1) is 0 Å². The molecule has 2 atom stereocenters. The summed E-state index contributed by atoms with van der Waals surface area (Å²) < 4.78 is 11.5. The summed E-state index contributed by atoms with van der Waals surface area (Å²) in [5.74, 6) is 0.526. The Labute approximate surface area is 178 Å². The fraction of sp³-hybridized carbons (Fsp3) is 0.500. The second kappa shape index (κ2) is 9.04. The van der Waals surface area contributed by atoms with Gasteiger partial charge >= 0.3 is 5.97 Å². The Kier molecular flexibility index (Phi) is 6.66. The number of esters is 1. The summed E-state index contributed by atoms with van der Waals surface area (Å²) in [6.07, 6.45) is 0.387. The van der Waals surface area contributed by atoms with Crippen molar-refractivity contribution >= 4 is 11.8 Å². The van der Waals surface area contributed by atoms with Crippen LogP contribution in [0, 0.1) is 12.8 Å². The maximum absolute atomic E-state index is 12.7. The van der Waals surface area contributed by atoms with E-state index in [0.29, 0.717) is 31.7 Å². The quantitative estimate of drug-likeness (QED) is 0.737. The van der Waals surface area contributed by atoms with Gasteiger partial charge in [-0.2, -0.15) is 0 Å². The Balaban J connectivity index is 1.81. The third-order valence-corrected chi connectivity index (χ3v) is 5.14. The monoisotopic (exact) mass is 412 g/mol. The first-order valence-corrected chi connectivity index (χ1v) is 10.5. The minimum atomic E-state index is -0.517. The molecule has 6 heteroatoms. The van der Waals surface area contributed by atoms with Crippen molar-refractivity contribution in [2.24, 2.45) is 5.92 Å². The summed E-state index contributed by atoms with van der Waals surface area (Å²) in [7, 11) is 0. The van der Waals surface area contributed by atoms with E-state index in [4.69, 9.17) is 14.5 Å². The Morgan fingerprint density at radius 3 is 2.73 bits per heavy atom. The predicted octanol–water partition coefficient (Wildman–Crippen LogP) is 4.34. The molecular weight excluding hydrogens is 380 g/mol. The van der Waals surface area contributed by atoms with E-state index in [9.17, 15) is 9.90 Å². The van der Waals surface area contributed by atoms with E-state index < -0.39 is 5.60 Å². The maximum Gasteiger partial charge on any atom is 0.312 e. The molecule has 1 aromatic carbocycles. The van der Waals surface area contributed by atoms with Crippen molar-refractivity contribution in [3.05, 3.63) is 42.0 Å².